The van der Waals surface area contributed by atoms with Crippen molar-refractivity contribution in [2.24, 2.45) is 0 Å². The van der Waals surface area contributed by atoms with Crippen LogP contribution in [-0.4, -0.2) is 41.9 Å². The molecule has 4 nitrogen and oxygen atoms in total. The summed E-state index contributed by atoms with van der Waals surface area (Å²) >= 11 is 0. The van der Waals surface area contributed by atoms with Crippen LogP contribution in [0, 0.1) is 0 Å². The zero-order valence-corrected chi connectivity index (χ0v) is 8.48. The quantitative estimate of drug-likeness (QED) is 0.501. The maximum atomic E-state index is 9.41. The van der Waals surface area contributed by atoms with Crippen LogP contribution in [0.1, 0.15) is 19.8 Å². The third-order valence-corrected chi connectivity index (χ3v) is 2.32. The van der Waals surface area contributed by atoms with Crippen molar-refractivity contribution < 1.29 is 19.7 Å². The second kappa shape index (κ2) is 5.46. The zero-order valence-electron chi connectivity index (χ0n) is 8.48. The molecule has 1 heterocycles. The van der Waals surface area contributed by atoms with Gasteiger partial charge in [0.1, 0.15) is 0 Å². The molecule has 2 N–H and O–H groups in total. The third kappa shape index (κ3) is 3.38. The fourth-order valence-corrected chi connectivity index (χ4v) is 1.29. The molecule has 1 rings (SSSR count). The fourth-order valence-electron chi connectivity index (χ4n) is 1.29. The Balaban J connectivity index is 2.19. The Morgan fingerprint density at radius 1 is 1.64 bits per heavy atom. The van der Waals surface area contributed by atoms with Crippen LogP contribution in [0.2, 0.25) is 0 Å². The van der Waals surface area contributed by atoms with Gasteiger partial charge in [0.2, 0.25) is 0 Å². The van der Waals surface area contributed by atoms with Crippen LogP contribution in [0.15, 0.2) is 12.2 Å². The van der Waals surface area contributed by atoms with Crippen LogP contribution >= 0.6 is 0 Å². The van der Waals surface area contributed by atoms with E-state index in [2.05, 4.69) is 6.58 Å². The molecule has 1 saturated heterocycles. The summed E-state index contributed by atoms with van der Waals surface area (Å²) in [5.41, 5.74) is 0.281. The topological polar surface area (TPSA) is 58.9 Å². The lowest BCUT2D eigenvalue weighted by Gasteiger charge is -2.18. The maximum absolute atomic E-state index is 9.41. The third-order valence-electron chi connectivity index (χ3n) is 2.32. The Hall–Kier alpha value is -0.420. The Bertz CT molecular complexity index is 185. The van der Waals surface area contributed by atoms with Gasteiger partial charge in [-0.05, 0) is 19.8 Å². The highest BCUT2D eigenvalue weighted by atomic mass is 16.6. The highest BCUT2D eigenvalue weighted by Crippen LogP contribution is 2.14. The molecule has 0 bridgehead atoms. The zero-order chi connectivity index (χ0) is 10.6. The lowest BCUT2D eigenvalue weighted by Crippen LogP contribution is -2.26. The Morgan fingerprint density at radius 2 is 2.36 bits per heavy atom. The Morgan fingerprint density at radius 3 is 2.86 bits per heavy atom. The van der Waals surface area contributed by atoms with Gasteiger partial charge in [-0.1, -0.05) is 6.58 Å². The molecule has 1 aliphatic heterocycles. The first kappa shape index (κ1) is 11.7. The summed E-state index contributed by atoms with van der Waals surface area (Å²) in [5, 5.41) is 18.5. The summed E-state index contributed by atoms with van der Waals surface area (Å²) in [6.07, 6.45) is 0.232. The van der Waals surface area contributed by atoms with Gasteiger partial charge in [0, 0.05) is 12.2 Å². The largest absolute Gasteiger partial charge is 0.389 e. The molecule has 0 aromatic carbocycles. The lowest BCUT2D eigenvalue weighted by atomic mass is 10.2. The van der Waals surface area contributed by atoms with Gasteiger partial charge in [0.05, 0.1) is 18.8 Å². The molecule has 0 radical (unpaired) electrons. The molecule has 0 saturated carbocycles. The predicted molar refractivity (Wildman–Crippen MR) is 51.8 cm³/mol. The first-order valence-electron chi connectivity index (χ1n) is 4.89. The van der Waals surface area contributed by atoms with Crippen molar-refractivity contribution in [2.45, 2.75) is 38.3 Å². The summed E-state index contributed by atoms with van der Waals surface area (Å²) in [4.78, 5) is 0. The van der Waals surface area contributed by atoms with Crippen molar-refractivity contribution in [3.63, 3.8) is 0 Å². The molecule has 1 fully saturated rings. The molecular formula is C10H18O4. The number of hydrogen-bond acceptors (Lipinski definition) is 4. The van der Waals surface area contributed by atoms with E-state index in [4.69, 9.17) is 14.6 Å². The van der Waals surface area contributed by atoms with E-state index in [1.807, 2.05) is 0 Å². The smallest absolute Gasteiger partial charge is 0.179 e. The van der Waals surface area contributed by atoms with Crippen LogP contribution in [0.3, 0.4) is 0 Å². The fraction of sp³-hybridized carbons (Fsp3) is 0.800. The monoisotopic (exact) mass is 202 g/mol. The van der Waals surface area contributed by atoms with Gasteiger partial charge < -0.3 is 19.7 Å². The van der Waals surface area contributed by atoms with Gasteiger partial charge in [0.25, 0.3) is 0 Å². The highest BCUT2D eigenvalue weighted by Gasteiger charge is 2.19. The van der Waals surface area contributed by atoms with E-state index in [1.54, 1.807) is 6.92 Å². The van der Waals surface area contributed by atoms with E-state index >= 15 is 0 Å². The van der Waals surface area contributed by atoms with E-state index in [1.165, 1.54) is 0 Å². The average Bonchev–Trinajstić information content (AvgIpc) is 2.65. The Kier molecular flexibility index (Phi) is 4.54. The van der Waals surface area contributed by atoms with Gasteiger partial charge in [0.15, 0.2) is 6.29 Å². The Labute approximate surface area is 84.1 Å². The molecule has 82 valence electrons. The van der Waals surface area contributed by atoms with E-state index < -0.39 is 12.4 Å². The SMILES string of the molecule is C=C(C(C)O)C(O)OCC1CCCO1. The van der Waals surface area contributed by atoms with Crippen LogP contribution in [-0.2, 0) is 9.47 Å². The normalized spacial score (nSPS) is 26.1. The molecule has 14 heavy (non-hydrogen) atoms. The minimum absolute atomic E-state index is 0.0754. The summed E-state index contributed by atoms with van der Waals surface area (Å²) in [5.74, 6) is 0. The van der Waals surface area contributed by atoms with Gasteiger partial charge in [-0.15, -0.1) is 0 Å². The molecule has 3 unspecified atom stereocenters. The summed E-state index contributed by atoms with van der Waals surface area (Å²) in [7, 11) is 0. The average molecular weight is 202 g/mol. The molecule has 0 aromatic heterocycles. The second-order valence-corrected chi connectivity index (χ2v) is 3.57. The highest BCUT2D eigenvalue weighted by molar-refractivity contribution is 5.02. The van der Waals surface area contributed by atoms with Crippen LogP contribution in [0.25, 0.3) is 0 Å². The van der Waals surface area contributed by atoms with Crippen LogP contribution in [0.5, 0.6) is 0 Å². The predicted octanol–water partition coefficient (Wildman–Crippen LogP) is 0.437. The summed E-state index contributed by atoms with van der Waals surface area (Å²) in [6, 6.07) is 0. The minimum atomic E-state index is -1.10. The molecule has 4 heteroatoms. The number of aliphatic hydroxyl groups is 2. The molecule has 3 atom stereocenters. The number of ether oxygens (including phenoxy) is 2. The van der Waals surface area contributed by atoms with Crippen LogP contribution in [0.4, 0.5) is 0 Å². The van der Waals surface area contributed by atoms with Crippen molar-refractivity contribution in [3.05, 3.63) is 12.2 Å². The van der Waals surface area contributed by atoms with E-state index in [-0.39, 0.29) is 11.7 Å². The first-order chi connectivity index (χ1) is 6.61. The molecule has 0 amide bonds. The van der Waals surface area contributed by atoms with Crippen LogP contribution < -0.4 is 0 Å². The second-order valence-electron chi connectivity index (χ2n) is 3.57. The van der Waals surface area contributed by atoms with Gasteiger partial charge in [-0.25, -0.2) is 0 Å². The van der Waals surface area contributed by atoms with Crippen molar-refractivity contribution in [1.82, 2.24) is 0 Å². The first-order valence-corrected chi connectivity index (χ1v) is 4.89. The van der Waals surface area contributed by atoms with Crippen molar-refractivity contribution in [3.8, 4) is 0 Å². The number of rotatable bonds is 5. The van der Waals surface area contributed by atoms with E-state index in [0.29, 0.717) is 6.61 Å². The summed E-state index contributed by atoms with van der Waals surface area (Å²) < 4.78 is 10.4. The van der Waals surface area contributed by atoms with Gasteiger partial charge in [-0.3, -0.25) is 0 Å². The van der Waals surface area contributed by atoms with Crippen molar-refractivity contribution in [2.75, 3.05) is 13.2 Å². The maximum Gasteiger partial charge on any atom is 0.179 e. The summed E-state index contributed by atoms with van der Waals surface area (Å²) in [6.45, 7) is 6.20. The van der Waals surface area contributed by atoms with Gasteiger partial charge >= 0.3 is 0 Å². The minimum Gasteiger partial charge on any atom is -0.389 e. The van der Waals surface area contributed by atoms with Crippen molar-refractivity contribution >= 4 is 0 Å². The molecule has 0 spiro atoms. The van der Waals surface area contributed by atoms with Gasteiger partial charge in [-0.2, -0.15) is 0 Å². The number of hydrogen-bond donors (Lipinski definition) is 2. The van der Waals surface area contributed by atoms with E-state index in [0.717, 1.165) is 19.4 Å². The van der Waals surface area contributed by atoms with Crippen molar-refractivity contribution in [1.29, 1.82) is 0 Å². The molecule has 0 aliphatic carbocycles. The number of aliphatic hydroxyl groups excluding tert-OH is 2. The molecule has 0 aromatic rings. The molecular weight excluding hydrogens is 184 g/mol. The molecule has 1 aliphatic rings. The standard InChI is InChI=1S/C10H18O4/c1-7(8(2)11)10(12)14-6-9-4-3-5-13-9/h8-12H,1,3-6H2,2H3. The van der Waals surface area contributed by atoms with E-state index in [9.17, 15) is 5.11 Å². The lowest BCUT2D eigenvalue weighted by molar-refractivity contribution is -0.108.